The van der Waals surface area contributed by atoms with Gasteiger partial charge in [-0.2, -0.15) is 0 Å². The van der Waals surface area contributed by atoms with Crippen molar-refractivity contribution < 1.29 is 0 Å². The first-order valence-corrected chi connectivity index (χ1v) is 6.89. The van der Waals surface area contributed by atoms with Gasteiger partial charge >= 0.3 is 0 Å². The van der Waals surface area contributed by atoms with Crippen LogP contribution in [-0.2, 0) is 0 Å². The van der Waals surface area contributed by atoms with E-state index in [0.717, 1.165) is 21.8 Å². The van der Waals surface area contributed by atoms with Crippen molar-refractivity contribution >= 4 is 34.7 Å². The van der Waals surface area contributed by atoms with E-state index in [4.69, 9.17) is 11.6 Å². The Kier molecular flexibility index (Phi) is 3.53. The number of benzene rings is 2. The van der Waals surface area contributed by atoms with Gasteiger partial charge in [-0.3, -0.25) is 0 Å². The number of fused-ring (bicyclic) bond motifs is 1. The van der Waals surface area contributed by atoms with Crippen LogP contribution in [0.3, 0.4) is 0 Å². The predicted molar refractivity (Wildman–Crippen MR) is 86.9 cm³/mol. The summed E-state index contributed by atoms with van der Waals surface area (Å²) in [6.07, 6.45) is 4.06. The van der Waals surface area contributed by atoms with E-state index >= 15 is 0 Å². The third kappa shape index (κ3) is 2.89. The minimum absolute atomic E-state index is 0.751. The monoisotopic (exact) mass is 279 g/mol. The highest BCUT2D eigenvalue weighted by molar-refractivity contribution is 6.30. The zero-order valence-electron chi connectivity index (χ0n) is 11.2. The summed E-state index contributed by atoms with van der Waals surface area (Å²) in [5.74, 6) is 0. The van der Waals surface area contributed by atoms with Crippen LogP contribution in [0.15, 0.2) is 54.6 Å². The van der Waals surface area contributed by atoms with Crippen LogP contribution < -0.4 is 0 Å². The molecule has 0 aliphatic carbocycles. The Morgan fingerprint density at radius 3 is 2.50 bits per heavy atom. The number of hydrogen-bond donors (Lipinski definition) is 0. The van der Waals surface area contributed by atoms with E-state index < -0.39 is 0 Å². The van der Waals surface area contributed by atoms with Crippen molar-refractivity contribution in [1.82, 2.24) is 4.98 Å². The minimum Gasteiger partial charge on any atom is -0.248 e. The van der Waals surface area contributed by atoms with Crippen LogP contribution >= 0.6 is 11.6 Å². The van der Waals surface area contributed by atoms with E-state index in [-0.39, 0.29) is 0 Å². The van der Waals surface area contributed by atoms with Crippen molar-refractivity contribution in [2.24, 2.45) is 0 Å². The normalized spacial score (nSPS) is 11.3. The molecule has 0 radical (unpaired) electrons. The molecule has 0 saturated carbocycles. The first kappa shape index (κ1) is 12.9. The molecule has 3 rings (SSSR count). The molecule has 0 bridgehead atoms. The van der Waals surface area contributed by atoms with Gasteiger partial charge in [0.15, 0.2) is 0 Å². The number of rotatable bonds is 2. The van der Waals surface area contributed by atoms with Gasteiger partial charge in [-0.15, -0.1) is 0 Å². The van der Waals surface area contributed by atoms with Crippen LogP contribution in [0.4, 0.5) is 0 Å². The average molecular weight is 280 g/mol. The average Bonchev–Trinajstić information content (AvgIpc) is 2.46. The van der Waals surface area contributed by atoms with Crippen LogP contribution in [0.5, 0.6) is 0 Å². The van der Waals surface area contributed by atoms with Crippen LogP contribution in [0, 0.1) is 6.92 Å². The first-order valence-electron chi connectivity index (χ1n) is 6.52. The molecule has 0 aliphatic heterocycles. The second kappa shape index (κ2) is 5.48. The molecule has 0 unspecified atom stereocenters. The van der Waals surface area contributed by atoms with Gasteiger partial charge in [0, 0.05) is 10.4 Å². The number of nitrogens with zero attached hydrogens (tertiary/aromatic N) is 1. The second-order valence-electron chi connectivity index (χ2n) is 4.82. The maximum absolute atomic E-state index is 5.87. The molecule has 2 aromatic carbocycles. The van der Waals surface area contributed by atoms with Gasteiger partial charge in [0.25, 0.3) is 0 Å². The summed E-state index contributed by atoms with van der Waals surface area (Å²) in [6, 6.07) is 18.2. The lowest BCUT2D eigenvalue weighted by atomic mass is 10.1. The van der Waals surface area contributed by atoms with Crippen molar-refractivity contribution in [3.63, 3.8) is 0 Å². The summed E-state index contributed by atoms with van der Waals surface area (Å²) in [5, 5.41) is 1.93. The Morgan fingerprint density at radius 1 is 0.900 bits per heavy atom. The summed E-state index contributed by atoms with van der Waals surface area (Å²) >= 11 is 5.87. The van der Waals surface area contributed by atoms with E-state index in [9.17, 15) is 0 Å². The fourth-order valence-corrected chi connectivity index (χ4v) is 2.24. The number of aromatic nitrogens is 1. The van der Waals surface area contributed by atoms with Crippen molar-refractivity contribution in [3.8, 4) is 0 Å². The molecule has 20 heavy (non-hydrogen) atoms. The predicted octanol–water partition coefficient (Wildman–Crippen LogP) is 5.37. The molecule has 1 nitrogen and oxygen atoms in total. The standard InChI is InChI=1S/C18H14ClN/c1-13-2-11-18-15(12-13)6-10-17(20-18)9-5-14-3-7-16(19)8-4-14/h2-12H,1H3. The summed E-state index contributed by atoms with van der Waals surface area (Å²) in [6.45, 7) is 2.09. The highest BCUT2D eigenvalue weighted by Crippen LogP contribution is 2.16. The minimum atomic E-state index is 0.751. The quantitative estimate of drug-likeness (QED) is 0.615. The highest BCUT2D eigenvalue weighted by atomic mass is 35.5. The summed E-state index contributed by atoms with van der Waals surface area (Å²) in [5.41, 5.74) is 4.34. The SMILES string of the molecule is Cc1ccc2nc(C=Cc3ccc(Cl)cc3)ccc2c1. The Morgan fingerprint density at radius 2 is 1.70 bits per heavy atom. The van der Waals surface area contributed by atoms with Crippen LogP contribution in [0.25, 0.3) is 23.1 Å². The maximum Gasteiger partial charge on any atom is 0.0709 e. The van der Waals surface area contributed by atoms with Crippen LogP contribution in [0.1, 0.15) is 16.8 Å². The van der Waals surface area contributed by atoms with Gasteiger partial charge < -0.3 is 0 Å². The van der Waals surface area contributed by atoms with Gasteiger partial charge in [-0.05, 0) is 48.9 Å². The lowest BCUT2D eigenvalue weighted by Crippen LogP contribution is -1.84. The number of pyridine rings is 1. The Labute approximate surface area is 123 Å². The number of hydrogen-bond acceptors (Lipinski definition) is 1. The van der Waals surface area contributed by atoms with E-state index in [0.29, 0.717) is 0 Å². The van der Waals surface area contributed by atoms with Crippen molar-refractivity contribution in [2.45, 2.75) is 6.92 Å². The molecule has 0 spiro atoms. The highest BCUT2D eigenvalue weighted by Gasteiger charge is 1.96. The molecule has 1 heterocycles. The van der Waals surface area contributed by atoms with Crippen LogP contribution in [0.2, 0.25) is 5.02 Å². The zero-order chi connectivity index (χ0) is 13.9. The molecular weight excluding hydrogens is 266 g/mol. The molecule has 0 N–H and O–H groups in total. The van der Waals surface area contributed by atoms with E-state index in [1.54, 1.807) is 0 Å². The fraction of sp³-hybridized carbons (Fsp3) is 0.0556. The molecule has 3 aromatic rings. The topological polar surface area (TPSA) is 12.9 Å². The van der Waals surface area contributed by atoms with Crippen molar-refractivity contribution in [2.75, 3.05) is 0 Å². The first-order chi connectivity index (χ1) is 9.70. The third-order valence-electron chi connectivity index (χ3n) is 3.18. The molecular formula is C18H14ClN. The number of halogens is 1. The smallest absolute Gasteiger partial charge is 0.0709 e. The molecule has 0 saturated heterocycles. The summed E-state index contributed by atoms with van der Waals surface area (Å²) in [7, 11) is 0. The molecule has 98 valence electrons. The fourth-order valence-electron chi connectivity index (χ4n) is 2.11. The molecule has 0 amide bonds. The van der Waals surface area contributed by atoms with Gasteiger partial charge in [0.1, 0.15) is 0 Å². The molecule has 1 aromatic heterocycles. The molecule has 2 heteroatoms. The molecule has 0 fully saturated rings. The number of aryl methyl sites for hydroxylation is 1. The molecule has 0 aliphatic rings. The molecule has 0 atom stereocenters. The van der Waals surface area contributed by atoms with Gasteiger partial charge in [0.05, 0.1) is 11.2 Å². The maximum atomic E-state index is 5.87. The van der Waals surface area contributed by atoms with E-state index in [1.807, 2.05) is 42.5 Å². The summed E-state index contributed by atoms with van der Waals surface area (Å²) in [4.78, 5) is 4.64. The Balaban J connectivity index is 1.90. The zero-order valence-corrected chi connectivity index (χ0v) is 11.9. The van der Waals surface area contributed by atoms with Gasteiger partial charge in [-0.1, -0.05) is 47.5 Å². The van der Waals surface area contributed by atoms with Crippen molar-refractivity contribution in [3.05, 3.63) is 76.4 Å². The summed E-state index contributed by atoms with van der Waals surface area (Å²) < 4.78 is 0. The van der Waals surface area contributed by atoms with Gasteiger partial charge in [0.2, 0.25) is 0 Å². The van der Waals surface area contributed by atoms with E-state index in [1.165, 1.54) is 10.9 Å². The lowest BCUT2D eigenvalue weighted by Gasteiger charge is -2.00. The van der Waals surface area contributed by atoms with Crippen molar-refractivity contribution in [1.29, 1.82) is 0 Å². The third-order valence-corrected chi connectivity index (χ3v) is 3.43. The van der Waals surface area contributed by atoms with Crippen LogP contribution in [-0.4, -0.2) is 4.98 Å². The van der Waals surface area contributed by atoms with E-state index in [2.05, 4.69) is 36.2 Å². The largest absolute Gasteiger partial charge is 0.248 e. The Bertz CT molecular complexity index is 773. The lowest BCUT2D eigenvalue weighted by molar-refractivity contribution is 1.36. The second-order valence-corrected chi connectivity index (χ2v) is 5.25. The van der Waals surface area contributed by atoms with Gasteiger partial charge in [-0.25, -0.2) is 4.98 Å². The Hall–Kier alpha value is -2.12.